The third kappa shape index (κ3) is 4.34. The Bertz CT molecular complexity index is 3000. The zero-order valence-electron chi connectivity index (χ0n) is 32.5. The molecule has 0 nitrogen and oxygen atoms in total. The summed E-state index contributed by atoms with van der Waals surface area (Å²) in [6.07, 6.45) is 2.46. The van der Waals surface area contributed by atoms with Gasteiger partial charge in [0.2, 0.25) is 0 Å². The van der Waals surface area contributed by atoms with Crippen molar-refractivity contribution in [3.8, 4) is 44.5 Å². The molecule has 0 N–H and O–H groups in total. The summed E-state index contributed by atoms with van der Waals surface area (Å²) in [5, 5.41) is 5.22. The lowest BCUT2D eigenvalue weighted by molar-refractivity contribution is 0.660. The molecule has 0 unspecified atom stereocenters. The fourth-order valence-corrected chi connectivity index (χ4v) is 10.8. The molecule has 55 heavy (non-hydrogen) atoms. The van der Waals surface area contributed by atoms with Crippen LogP contribution in [0.1, 0.15) is 80.5 Å². The number of fused-ring (bicyclic) bond motifs is 9. The summed E-state index contributed by atoms with van der Waals surface area (Å²) in [5.41, 5.74) is 21.3. The van der Waals surface area contributed by atoms with E-state index < -0.39 is 0 Å². The van der Waals surface area contributed by atoms with E-state index in [0.29, 0.717) is 0 Å². The highest BCUT2D eigenvalue weighted by Crippen LogP contribution is 2.55. The predicted octanol–water partition coefficient (Wildman–Crippen LogP) is 14.8. The van der Waals surface area contributed by atoms with Crippen LogP contribution in [0, 0.1) is 0 Å². The Morgan fingerprint density at radius 2 is 0.764 bits per heavy atom. The molecular weight excluding hydrogens is 661 g/mol. The zero-order valence-corrected chi connectivity index (χ0v) is 32.5. The summed E-state index contributed by atoms with van der Waals surface area (Å²) in [6.45, 7) is 14.3. The minimum absolute atomic E-state index is 0.0579. The second kappa shape index (κ2) is 11.0. The Hall–Kier alpha value is -5.98. The summed E-state index contributed by atoms with van der Waals surface area (Å²) in [5.74, 6) is 0. The molecule has 0 saturated carbocycles. The molecule has 0 atom stereocenters. The van der Waals surface area contributed by atoms with Crippen LogP contribution in [0.4, 0.5) is 0 Å². The van der Waals surface area contributed by atoms with Crippen LogP contribution < -0.4 is 0 Å². The molecule has 0 heteroatoms. The van der Waals surface area contributed by atoms with Crippen molar-refractivity contribution in [1.29, 1.82) is 0 Å². The first-order valence-electron chi connectivity index (χ1n) is 19.9. The van der Waals surface area contributed by atoms with E-state index >= 15 is 0 Å². The van der Waals surface area contributed by atoms with Gasteiger partial charge in [-0.3, -0.25) is 0 Å². The molecule has 0 radical (unpaired) electrons. The molecule has 0 amide bonds. The van der Waals surface area contributed by atoms with Crippen LogP contribution in [0.25, 0.3) is 77.7 Å². The Kier molecular flexibility index (Phi) is 6.52. The van der Waals surface area contributed by atoms with Crippen molar-refractivity contribution in [3.63, 3.8) is 0 Å². The largest absolute Gasteiger partial charge is 0.0619 e. The van der Waals surface area contributed by atoms with E-state index in [4.69, 9.17) is 0 Å². The summed E-state index contributed by atoms with van der Waals surface area (Å²) < 4.78 is 0. The van der Waals surface area contributed by atoms with Gasteiger partial charge in [0, 0.05) is 16.2 Å². The zero-order chi connectivity index (χ0) is 37.4. The first kappa shape index (κ1) is 32.5. The van der Waals surface area contributed by atoms with E-state index in [2.05, 4.69) is 199 Å². The monoisotopic (exact) mass is 704 g/mol. The van der Waals surface area contributed by atoms with E-state index in [1.165, 1.54) is 111 Å². The van der Waals surface area contributed by atoms with E-state index in [9.17, 15) is 0 Å². The standard InChI is InChI=1S/C55H44/c1-53(2)45-20-12-7-15-35(45)31-50(53)52-42-19-9-8-18-41(42)51(36-25-27-40-38-17-11-14-22-47(38)55(5,6)49(40)32-36)44-29-33(24-28-43(44)52)34-23-26-39-37-16-10-13-21-46(37)54(3,4)48(39)30-34/h7-32H,1-6H3. The highest BCUT2D eigenvalue weighted by atomic mass is 14.4. The van der Waals surface area contributed by atoms with Gasteiger partial charge in [-0.25, -0.2) is 0 Å². The number of hydrogen-bond acceptors (Lipinski definition) is 0. The molecule has 0 saturated heterocycles. The second-order valence-electron chi connectivity index (χ2n) is 17.7. The first-order chi connectivity index (χ1) is 26.5. The molecule has 3 aliphatic carbocycles. The van der Waals surface area contributed by atoms with Gasteiger partial charge in [0.05, 0.1) is 0 Å². The van der Waals surface area contributed by atoms with Gasteiger partial charge in [-0.2, -0.15) is 0 Å². The minimum Gasteiger partial charge on any atom is -0.0619 e. The summed E-state index contributed by atoms with van der Waals surface area (Å²) in [4.78, 5) is 0. The highest BCUT2D eigenvalue weighted by molar-refractivity contribution is 6.21. The van der Waals surface area contributed by atoms with Gasteiger partial charge in [0.25, 0.3) is 0 Å². The molecule has 0 spiro atoms. The van der Waals surface area contributed by atoms with Crippen molar-refractivity contribution in [2.24, 2.45) is 0 Å². The quantitative estimate of drug-likeness (QED) is 0.161. The maximum Gasteiger partial charge on any atom is 0.0159 e. The van der Waals surface area contributed by atoms with Gasteiger partial charge >= 0.3 is 0 Å². The average Bonchev–Trinajstić information content (AvgIpc) is 3.71. The molecule has 0 bridgehead atoms. The SMILES string of the molecule is CC1(C)C(c2c3ccccc3c(-c3ccc4c(c3)C(C)(C)c3ccccc3-4)c3cc(-c4ccc5c(c4)C(C)(C)c4ccccc4-5)ccc23)=Cc2ccccc21. The van der Waals surface area contributed by atoms with Crippen LogP contribution in [-0.4, -0.2) is 0 Å². The molecule has 264 valence electrons. The fourth-order valence-electron chi connectivity index (χ4n) is 10.8. The number of hydrogen-bond donors (Lipinski definition) is 0. The van der Waals surface area contributed by atoms with Crippen molar-refractivity contribution < 1.29 is 0 Å². The van der Waals surface area contributed by atoms with Crippen molar-refractivity contribution in [3.05, 3.63) is 191 Å². The molecule has 0 heterocycles. The van der Waals surface area contributed by atoms with Crippen LogP contribution in [0.15, 0.2) is 152 Å². The first-order valence-corrected chi connectivity index (χ1v) is 19.9. The second-order valence-corrected chi connectivity index (χ2v) is 17.7. The van der Waals surface area contributed by atoms with Crippen LogP contribution in [0.3, 0.4) is 0 Å². The van der Waals surface area contributed by atoms with E-state index in [1.54, 1.807) is 0 Å². The Balaban J connectivity index is 1.20. The lowest BCUT2D eigenvalue weighted by Gasteiger charge is -2.28. The fraction of sp³-hybridized carbons (Fsp3) is 0.164. The lowest BCUT2D eigenvalue weighted by Crippen LogP contribution is -2.17. The summed E-state index contributed by atoms with van der Waals surface area (Å²) >= 11 is 0. The lowest BCUT2D eigenvalue weighted by atomic mass is 9.74. The topological polar surface area (TPSA) is 0 Å². The molecule has 11 rings (SSSR count). The summed E-state index contributed by atoms with van der Waals surface area (Å²) in [7, 11) is 0. The molecule has 8 aromatic rings. The van der Waals surface area contributed by atoms with Crippen LogP contribution in [-0.2, 0) is 16.2 Å². The summed E-state index contributed by atoms with van der Waals surface area (Å²) in [6, 6.07) is 57.7. The van der Waals surface area contributed by atoms with Crippen LogP contribution >= 0.6 is 0 Å². The van der Waals surface area contributed by atoms with E-state index in [1.807, 2.05) is 0 Å². The smallest absolute Gasteiger partial charge is 0.0159 e. The molecule has 0 fully saturated rings. The Labute approximate surface area is 324 Å². The molecular formula is C55H44. The van der Waals surface area contributed by atoms with Crippen LogP contribution in [0.5, 0.6) is 0 Å². The molecule has 3 aliphatic rings. The molecule has 8 aromatic carbocycles. The van der Waals surface area contributed by atoms with Crippen molar-refractivity contribution in [1.82, 2.24) is 0 Å². The third-order valence-corrected chi connectivity index (χ3v) is 13.7. The van der Waals surface area contributed by atoms with Gasteiger partial charge in [0.15, 0.2) is 0 Å². The molecule has 0 aliphatic heterocycles. The van der Waals surface area contributed by atoms with Crippen LogP contribution in [0.2, 0.25) is 0 Å². The normalized spacial score (nSPS) is 16.4. The van der Waals surface area contributed by atoms with Gasteiger partial charge in [-0.05, 0) is 135 Å². The van der Waals surface area contributed by atoms with Crippen molar-refractivity contribution >= 4 is 33.2 Å². The van der Waals surface area contributed by atoms with Gasteiger partial charge in [-0.15, -0.1) is 0 Å². The third-order valence-electron chi connectivity index (χ3n) is 13.7. The number of benzene rings is 8. The maximum atomic E-state index is 2.51. The van der Waals surface area contributed by atoms with Crippen molar-refractivity contribution in [2.45, 2.75) is 57.8 Å². The average molecular weight is 705 g/mol. The number of allylic oxidation sites excluding steroid dienone is 1. The highest BCUT2D eigenvalue weighted by Gasteiger charge is 2.38. The Morgan fingerprint density at radius 3 is 1.40 bits per heavy atom. The predicted molar refractivity (Wildman–Crippen MR) is 235 cm³/mol. The Morgan fingerprint density at radius 1 is 0.309 bits per heavy atom. The van der Waals surface area contributed by atoms with Gasteiger partial charge < -0.3 is 0 Å². The van der Waals surface area contributed by atoms with E-state index in [0.717, 1.165) is 0 Å². The maximum absolute atomic E-state index is 2.51. The van der Waals surface area contributed by atoms with Gasteiger partial charge in [-0.1, -0.05) is 175 Å². The molecule has 0 aromatic heterocycles. The van der Waals surface area contributed by atoms with E-state index in [-0.39, 0.29) is 16.2 Å². The number of rotatable bonds is 3. The van der Waals surface area contributed by atoms with Gasteiger partial charge in [0.1, 0.15) is 0 Å². The van der Waals surface area contributed by atoms with Crippen molar-refractivity contribution in [2.75, 3.05) is 0 Å². The minimum atomic E-state index is -0.142.